The monoisotopic (exact) mass is 312 g/mol. The van der Waals surface area contributed by atoms with Crippen LogP contribution in [0.4, 0.5) is 4.39 Å². The zero-order valence-corrected chi connectivity index (χ0v) is 13.5. The lowest BCUT2D eigenvalue weighted by Crippen LogP contribution is -2.39. The first-order valence-electron chi connectivity index (χ1n) is 8.44. The van der Waals surface area contributed by atoms with E-state index >= 15 is 0 Å². The van der Waals surface area contributed by atoms with Crippen molar-refractivity contribution in [1.29, 1.82) is 0 Å². The molecule has 3 heteroatoms. The van der Waals surface area contributed by atoms with Crippen LogP contribution in [0.25, 0.3) is 0 Å². The van der Waals surface area contributed by atoms with Crippen LogP contribution in [0.1, 0.15) is 17.5 Å². The van der Waals surface area contributed by atoms with Crippen molar-refractivity contribution in [3.8, 4) is 0 Å². The number of likely N-dealkylation sites (tertiary alicyclic amines) is 1. The Kier molecular flexibility index (Phi) is 5.78. The number of rotatable bonds is 7. The second kappa shape index (κ2) is 8.23. The Balaban J connectivity index is 1.50. The molecule has 2 aromatic rings. The summed E-state index contributed by atoms with van der Waals surface area (Å²) in [5.74, 6) is 0.396. The molecule has 2 atom stereocenters. The SMILES string of the molecule is FCC(NCc1ccccc1)C1CCN(Cc2ccccc2)C1. The van der Waals surface area contributed by atoms with Gasteiger partial charge in [-0.2, -0.15) is 0 Å². The molecule has 0 aromatic heterocycles. The van der Waals surface area contributed by atoms with E-state index in [1.54, 1.807) is 0 Å². The number of halogens is 1. The maximum atomic E-state index is 13.5. The van der Waals surface area contributed by atoms with Gasteiger partial charge in [0.1, 0.15) is 6.67 Å². The predicted octanol–water partition coefficient (Wildman–Crippen LogP) is 3.64. The van der Waals surface area contributed by atoms with Gasteiger partial charge in [-0.25, -0.2) is 4.39 Å². The van der Waals surface area contributed by atoms with E-state index in [1.165, 1.54) is 11.1 Å². The van der Waals surface area contributed by atoms with E-state index in [1.807, 2.05) is 24.3 Å². The van der Waals surface area contributed by atoms with E-state index in [0.29, 0.717) is 5.92 Å². The summed E-state index contributed by atoms with van der Waals surface area (Å²) in [6, 6.07) is 20.7. The lowest BCUT2D eigenvalue weighted by Gasteiger charge is -2.23. The van der Waals surface area contributed by atoms with Crippen LogP contribution >= 0.6 is 0 Å². The van der Waals surface area contributed by atoms with Crippen molar-refractivity contribution in [3.63, 3.8) is 0 Å². The lowest BCUT2D eigenvalue weighted by molar-refractivity contribution is 0.260. The zero-order chi connectivity index (χ0) is 15.9. The highest BCUT2D eigenvalue weighted by Gasteiger charge is 2.29. The van der Waals surface area contributed by atoms with Gasteiger partial charge in [-0.3, -0.25) is 4.90 Å². The third-order valence-electron chi connectivity index (χ3n) is 4.70. The number of benzene rings is 2. The summed E-state index contributed by atoms with van der Waals surface area (Å²) >= 11 is 0. The summed E-state index contributed by atoms with van der Waals surface area (Å²) in [5.41, 5.74) is 2.55. The molecular weight excluding hydrogens is 287 g/mol. The van der Waals surface area contributed by atoms with Crippen molar-refractivity contribution < 1.29 is 4.39 Å². The average molecular weight is 312 g/mol. The average Bonchev–Trinajstić information content (AvgIpc) is 3.06. The Labute approximate surface area is 138 Å². The molecule has 3 rings (SSSR count). The molecule has 1 N–H and O–H groups in total. The summed E-state index contributed by atoms with van der Waals surface area (Å²) in [5, 5.41) is 3.41. The first-order valence-corrected chi connectivity index (χ1v) is 8.44. The molecule has 1 aliphatic heterocycles. The van der Waals surface area contributed by atoms with E-state index in [-0.39, 0.29) is 12.7 Å². The van der Waals surface area contributed by atoms with Crippen molar-refractivity contribution in [3.05, 3.63) is 71.8 Å². The van der Waals surface area contributed by atoms with Crippen LogP contribution in [-0.2, 0) is 13.1 Å². The third kappa shape index (κ3) is 4.63. The molecule has 2 aromatic carbocycles. The lowest BCUT2D eigenvalue weighted by atomic mass is 9.99. The van der Waals surface area contributed by atoms with Gasteiger partial charge in [0.15, 0.2) is 0 Å². The molecule has 2 unspecified atom stereocenters. The topological polar surface area (TPSA) is 15.3 Å². The van der Waals surface area contributed by atoms with Gasteiger partial charge >= 0.3 is 0 Å². The smallest absolute Gasteiger partial charge is 0.105 e. The summed E-state index contributed by atoms with van der Waals surface area (Å²) in [4.78, 5) is 2.44. The van der Waals surface area contributed by atoms with E-state index in [9.17, 15) is 4.39 Å². The molecule has 2 nitrogen and oxygen atoms in total. The van der Waals surface area contributed by atoms with E-state index in [2.05, 4.69) is 46.6 Å². The van der Waals surface area contributed by atoms with Gasteiger partial charge in [-0.05, 0) is 30.0 Å². The van der Waals surface area contributed by atoms with E-state index < -0.39 is 0 Å². The molecule has 0 amide bonds. The zero-order valence-electron chi connectivity index (χ0n) is 13.5. The molecule has 122 valence electrons. The first-order chi connectivity index (χ1) is 11.3. The van der Waals surface area contributed by atoms with Crippen LogP contribution < -0.4 is 5.32 Å². The number of alkyl halides is 1. The number of hydrogen-bond acceptors (Lipinski definition) is 2. The summed E-state index contributed by atoms with van der Waals surface area (Å²) < 4.78 is 13.5. The number of nitrogens with zero attached hydrogens (tertiary/aromatic N) is 1. The molecule has 0 saturated carbocycles. The second-order valence-corrected chi connectivity index (χ2v) is 6.40. The highest BCUT2D eigenvalue weighted by molar-refractivity contribution is 5.15. The van der Waals surface area contributed by atoms with Crippen molar-refractivity contribution in [2.45, 2.75) is 25.6 Å². The van der Waals surface area contributed by atoms with Gasteiger partial charge in [0.2, 0.25) is 0 Å². The molecule has 0 bridgehead atoms. The molecule has 0 radical (unpaired) electrons. The van der Waals surface area contributed by atoms with Gasteiger partial charge in [-0.1, -0.05) is 60.7 Å². The summed E-state index contributed by atoms with van der Waals surface area (Å²) in [6.07, 6.45) is 1.07. The highest BCUT2D eigenvalue weighted by Crippen LogP contribution is 2.22. The third-order valence-corrected chi connectivity index (χ3v) is 4.70. The fourth-order valence-corrected chi connectivity index (χ4v) is 3.37. The molecule has 0 aliphatic carbocycles. The highest BCUT2D eigenvalue weighted by atomic mass is 19.1. The molecule has 1 aliphatic rings. The Hall–Kier alpha value is -1.71. The normalized spacial score (nSPS) is 19.8. The number of hydrogen-bond donors (Lipinski definition) is 1. The number of nitrogens with one attached hydrogen (secondary N) is 1. The Bertz CT molecular complexity index is 573. The summed E-state index contributed by atoms with van der Waals surface area (Å²) in [7, 11) is 0. The predicted molar refractivity (Wildman–Crippen MR) is 92.9 cm³/mol. The van der Waals surface area contributed by atoms with Gasteiger partial charge in [-0.15, -0.1) is 0 Å². The van der Waals surface area contributed by atoms with Gasteiger partial charge in [0, 0.05) is 25.7 Å². The fourth-order valence-electron chi connectivity index (χ4n) is 3.37. The Morgan fingerprint density at radius 1 is 1.00 bits per heavy atom. The van der Waals surface area contributed by atoms with Gasteiger partial charge in [0.25, 0.3) is 0 Å². The van der Waals surface area contributed by atoms with Crippen LogP contribution in [-0.4, -0.2) is 30.7 Å². The molecule has 23 heavy (non-hydrogen) atoms. The van der Waals surface area contributed by atoms with Crippen molar-refractivity contribution in [1.82, 2.24) is 10.2 Å². The molecule has 1 heterocycles. The van der Waals surface area contributed by atoms with Crippen LogP contribution in [0.5, 0.6) is 0 Å². The van der Waals surface area contributed by atoms with Gasteiger partial charge in [0.05, 0.1) is 0 Å². The standard InChI is InChI=1S/C20H25FN2/c21-13-20(22-14-17-7-3-1-4-8-17)19-11-12-23(16-19)15-18-9-5-2-6-10-18/h1-10,19-20,22H,11-16H2. The first kappa shape index (κ1) is 16.2. The van der Waals surface area contributed by atoms with E-state index in [4.69, 9.17) is 0 Å². The molecular formula is C20H25FN2. The maximum absolute atomic E-state index is 13.5. The molecule has 0 spiro atoms. The van der Waals surface area contributed by atoms with E-state index in [0.717, 1.165) is 32.6 Å². The van der Waals surface area contributed by atoms with Crippen molar-refractivity contribution in [2.75, 3.05) is 19.8 Å². The molecule has 1 fully saturated rings. The van der Waals surface area contributed by atoms with Crippen LogP contribution in [0.15, 0.2) is 60.7 Å². The van der Waals surface area contributed by atoms with Crippen molar-refractivity contribution >= 4 is 0 Å². The second-order valence-electron chi connectivity index (χ2n) is 6.40. The summed E-state index contributed by atoms with van der Waals surface area (Å²) in [6.45, 7) is 3.45. The van der Waals surface area contributed by atoms with Crippen molar-refractivity contribution in [2.24, 2.45) is 5.92 Å². The van der Waals surface area contributed by atoms with Crippen LogP contribution in [0, 0.1) is 5.92 Å². The minimum atomic E-state index is -0.295. The Morgan fingerprint density at radius 3 is 2.30 bits per heavy atom. The van der Waals surface area contributed by atoms with Crippen LogP contribution in [0.2, 0.25) is 0 Å². The largest absolute Gasteiger partial charge is 0.307 e. The maximum Gasteiger partial charge on any atom is 0.105 e. The minimum absolute atomic E-state index is 0.0454. The minimum Gasteiger partial charge on any atom is -0.307 e. The van der Waals surface area contributed by atoms with Crippen LogP contribution in [0.3, 0.4) is 0 Å². The molecule has 1 saturated heterocycles. The fraction of sp³-hybridized carbons (Fsp3) is 0.400. The Morgan fingerprint density at radius 2 is 1.65 bits per heavy atom. The van der Waals surface area contributed by atoms with Gasteiger partial charge < -0.3 is 5.32 Å². The quantitative estimate of drug-likeness (QED) is 0.840.